The fourth-order valence-corrected chi connectivity index (χ4v) is 6.22. The van der Waals surface area contributed by atoms with E-state index in [0.29, 0.717) is 6.42 Å². The average molecular weight is 781 g/mol. The Labute approximate surface area is 329 Å². The lowest BCUT2D eigenvalue weighted by molar-refractivity contribution is -0.161. The number of hydrogen-bond donors (Lipinski definition) is 2. The third kappa shape index (κ3) is 40.9. The van der Waals surface area contributed by atoms with E-state index in [2.05, 4.69) is 42.7 Å². The van der Waals surface area contributed by atoms with Crippen LogP contribution in [-0.4, -0.2) is 46.8 Å². The van der Waals surface area contributed by atoms with Crippen molar-refractivity contribution < 1.29 is 42.7 Å². The first kappa shape index (κ1) is 51.7. The Bertz CT molecular complexity index is 1080. The number of ether oxygens (including phenoxy) is 2. The number of unbranched alkanes of at least 4 members (excludes halogenated alkanes) is 20. The van der Waals surface area contributed by atoms with Gasteiger partial charge >= 0.3 is 19.8 Å². The van der Waals surface area contributed by atoms with Gasteiger partial charge in [-0.25, -0.2) is 4.57 Å². The Kier molecular flexibility index (Phi) is 37.3. The predicted molar refractivity (Wildman–Crippen MR) is 221 cm³/mol. The van der Waals surface area contributed by atoms with Gasteiger partial charge in [0.1, 0.15) is 6.61 Å². The van der Waals surface area contributed by atoms with Crippen molar-refractivity contribution in [3.05, 3.63) is 48.6 Å². The van der Waals surface area contributed by atoms with Gasteiger partial charge in [0.05, 0.1) is 6.61 Å². The van der Waals surface area contributed by atoms with Gasteiger partial charge in [-0.1, -0.05) is 178 Å². The first-order chi connectivity index (χ1) is 26.2. The standard InChI is InChI=1S/C44H77O9P/c1-3-5-7-9-11-13-15-17-18-19-20-21-23-25-27-29-31-33-37-44(47)53-42(40-52-54(48,49)50)39-51-43(46)38-34-36-41(45)35-32-30-28-26-24-22-16-14-12-10-8-6-4-2/h12,14,22,24,28,30,32,35,42H,3-11,13,15-21,23,25-27,29,31,33-34,36-40H2,1-2H3,(H2,48,49,50)/b14-12-,24-22-,30-28-,35-32+/t42-/m1/s1. The number of ketones is 1. The number of phosphoric acid groups is 1. The molecule has 0 aromatic carbocycles. The average Bonchev–Trinajstić information content (AvgIpc) is 3.13. The number of phosphoric ester groups is 1. The Balaban J connectivity index is 4.08. The van der Waals surface area contributed by atoms with E-state index in [0.717, 1.165) is 38.5 Å². The zero-order chi connectivity index (χ0) is 39.8. The molecule has 0 aliphatic carbocycles. The van der Waals surface area contributed by atoms with Crippen molar-refractivity contribution in [3.8, 4) is 0 Å². The first-order valence-corrected chi connectivity index (χ1v) is 22.9. The number of carbonyl (C=O) groups excluding carboxylic acids is 3. The summed E-state index contributed by atoms with van der Waals surface area (Å²) in [6.07, 6.45) is 44.1. The minimum Gasteiger partial charge on any atom is -0.462 e. The minimum atomic E-state index is -4.81. The van der Waals surface area contributed by atoms with Gasteiger partial charge in [-0.15, -0.1) is 0 Å². The molecule has 0 fully saturated rings. The Hall–Kier alpha value is -2.32. The lowest BCUT2D eigenvalue weighted by Gasteiger charge is -2.18. The molecule has 0 rings (SSSR count). The van der Waals surface area contributed by atoms with Crippen molar-refractivity contribution in [2.24, 2.45) is 0 Å². The summed E-state index contributed by atoms with van der Waals surface area (Å²) in [6.45, 7) is 3.46. The summed E-state index contributed by atoms with van der Waals surface area (Å²) in [6, 6.07) is 0. The summed E-state index contributed by atoms with van der Waals surface area (Å²) >= 11 is 0. The molecular formula is C44H77O9P. The summed E-state index contributed by atoms with van der Waals surface area (Å²) in [5.74, 6) is -1.25. The smallest absolute Gasteiger partial charge is 0.462 e. The van der Waals surface area contributed by atoms with Crippen LogP contribution in [0, 0.1) is 0 Å². The third-order valence-corrected chi connectivity index (χ3v) is 9.56. The lowest BCUT2D eigenvalue weighted by Crippen LogP contribution is -2.29. The highest BCUT2D eigenvalue weighted by atomic mass is 31.2. The molecule has 0 aliphatic rings. The predicted octanol–water partition coefficient (Wildman–Crippen LogP) is 12.3. The number of allylic oxidation sites excluding steroid dienone is 8. The van der Waals surface area contributed by atoms with Crippen LogP contribution >= 0.6 is 7.82 Å². The van der Waals surface area contributed by atoms with Crippen LogP contribution in [0.4, 0.5) is 0 Å². The van der Waals surface area contributed by atoms with E-state index >= 15 is 0 Å². The molecule has 9 nitrogen and oxygen atoms in total. The summed E-state index contributed by atoms with van der Waals surface area (Å²) in [5, 5.41) is 0. The molecule has 0 radical (unpaired) electrons. The maximum absolute atomic E-state index is 12.4. The zero-order valence-electron chi connectivity index (χ0n) is 34.1. The Morgan fingerprint density at radius 3 is 1.57 bits per heavy atom. The second kappa shape index (κ2) is 38.9. The molecule has 0 spiro atoms. The molecule has 0 aliphatic heterocycles. The molecule has 54 heavy (non-hydrogen) atoms. The highest BCUT2D eigenvalue weighted by Gasteiger charge is 2.23. The van der Waals surface area contributed by atoms with Crippen LogP contribution in [0.1, 0.15) is 194 Å². The monoisotopic (exact) mass is 781 g/mol. The molecule has 312 valence electrons. The first-order valence-electron chi connectivity index (χ1n) is 21.4. The molecule has 2 N–H and O–H groups in total. The van der Waals surface area contributed by atoms with E-state index in [4.69, 9.17) is 19.3 Å². The maximum atomic E-state index is 12.4. The van der Waals surface area contributed by atoms with Gasteiger partial charge < -0.3 is 19.3 Å². The van der Waals surface area contributed by atoms with Crippen LogP contribution in [0.25, 0.3) is 0 Å². The number of carbonyl (C=O) groups is 3. The van der Waals surface area contributed by atoms with E-state index in [1.807, 2.05) is 12.2 Å². The van der Waals surface area contributed by atoms with E-state index in [9.17, 15) is 18.9 Å². The number of esters is 2. The van der Waals surface area contributed by atoms with Crippen LogP contribution in [0.5, 0.6) is 0 Å². The van der Waals surface area contributed by atoms with E-state index in [-0.39, 0.29) is 31.5 Å². The summed E-state index contributed by atoms with van der Waals surface area (Å²) in [5.41, 5.74) is 0. The van der Waals surface area contributed by atoms with Crippen LogP contribution in [0.15, 0.2) is 48.6 Å². The molecular weight excluding hydrogens is 703 g/mol. The van der Waals surface area contributed by atoms with Crippen molar-refractivity contribution in [3.63, 3.8) is 0 Å². The van der Waals surface area contributed by atoms with Crippen molar-refractivity contribution in [1.29, 1.82) is 0 Å². The van der Waals surface area contributed by atoms with Crippen molar-refractivity contribution in [2.75, 3.05) is 13.2 Å². The SMILES string of the molecule is CCCCC/C=C\C/C=C\C/C=C\C=C\C(=O)CCCC(=O)OC[C@H](COP(=O)(O)O)OC(=O)CCCCCCCCCCCCCCCCCCCC. The summed E-state index contributed by atoms with van der Waals surface area (Å²) in [7, 11) is -4.81. The Morgan fingerprint density at radius 2 is 1.02 bits per heavy atom. The molecule has 0 bridgehead atoms. The molecule has 0 heterocycles. The van der Waals surface area contributed by atoms with E-state index < -0.39 is 39.1 Å². The van der Waals surface area contributed by atoms with Gasteiger partial charge in [0.15, 0.2) is 11.9 Å². The largest absolute Gasteiger partial charge is 0.469 e. The van der Waals surface area contributed by atoms with Crippen molar-refractivity contribution in [2.45, 2.75) is 200 Å². The van der Waals surface area contributed by atoms with E-state index in [1.54, 1.807) is 6.08 Å². The summed E-state index contributed by atoms with van der Waals surface area (Å²) in [4.78, 5) is 54.9. The maximum Gasteiger partial charge on any atom is 0.469 e. The summed E-state index contributed by atoms with van der Waals surface area (Å²) < 4.78 is 26.2. The quantitative estimate of drug-likeness (QED) is 0.0156. The zero-order valence-corrected chi connectivity index (χ0v) is 35.0. The van der Waals surface area contributed by atoms with Crippen molar-refractivity contribution in [1.82, 2.24) is 0 Å². The van der Waals surface area contributed by atoms with Gasteiger partial charge in [-0.3, -0.25) is 18.9 Å². The van der Waals surface area contributed by atoms with E-state index in [1.165, 1.54) is 115 Å². The molecule has 0 aromatic rings. The highest BCUT2D eigenvalue weighted by molar-refractivity contribution is 7.46. The van der Waals surface area contributed by atoms with Gasteiger partial charge in [0.25, 0.3) is 0 Å². The molecule has 0 unspecified atom stereocenters. The second-order valence-corrected chi connectivity index (χ2v) is 15.6. The van der Waals surface area contributed by atoms with Gasteiger partial charge in [0.2, 0.25) is 0 Å². The van der Waals surface area contributed by atoms with Crippen LogP contribution in [-0.2, 0) is 32.9 Å². The highest BCUT2D eigenvalue weighted by Crippen LogP contribution is 2.36. The van der Waals surface area contributed by atoms with Crippen LogP contribution in [0.3, 0.4) is 0 Å². The molecule has 0 amide bonds. The van der Waals surface area contributed by atoms with Crippen LogP contribution in [0.2, 0.25) is 0 Å². The van der Waals surface area contributed by atoms with Gasteiger partial charge in [0, 0.05) is 19.3 Å². The second-order valence-electron chi connectivity index (χ2n) is 14.4. The van der Waals surface area contributed by atoms with Crippen molar-refractivity contribution >= 4 is 25.5 Å². The molecule has 0 aromatic heterocycles. The van der Waals surface area contributed by atoms with Gasteiger partial charge in [-0.2, -0.15) is 0 Å². The lowest BCUT2D eigenvalue weighted by atomic mass is 10.0. The third-order valence-electron chi connectivity index (χ3n) is 9.08. The molecule has 0 saturated heterocycles. The fourth-order valence-electron chi connectivity index (χ4n) is 5.86. The molecule has 1 atom stereocenters. The normalized spacial score (nSPS) is 12.8. The van der Waals surface area contributed by atoms with Crippen LogP contribution < -0.4 is 0 Å². The Morgan fingerprint density at radius 1 is 0.537 bits per heavy atom. The minimum absolute atomic E-state index is 0.0212. The topological polar surface area (TPSA) is 136 Å². The van der Waals surface area contributed by atoms with Gasteiger partial charge in [-0.05, 0) is 44.6 Å². The number of rotatable bonds is 39. The molecule has 0 saturated carbocycles. The fraction of sp³-hybridized carbons (Fsp3) is 0.750. The molecule has 10 heteroatoms. The number of hydrogen-bond acceptors (Lipinski definition) is 7.